The number of fused-ring (bicyclic) bond motifs is 5. The van der Waals surface area contributed by atoms with Gasteiger partial charge < -0.3 is 4.74 Å². The zero-order valence-corrected chi connectivity index (χ0v) is 16.6. The van der Waals surface area contributed by atoms with Crippen LogP contribution in [0.25, 0.3) is 0 Å². The molecule has 5 atom stereocenters. The van der Waals surface area contributed by atoms with Crippen LogP contribution < -0.4 is 0 Å². The normalized spacial score (nSPS) is 38.8. The van der Waals surface area contributed by atoms with Crippen LogP contribution in [0.5, 0.6) is 0 Å². The Bertz CT molecular complexity index is 875. The van der Waals surface area contributed by atoms with Crippen LogP contribution in [0.15, 0.2) is 35.5 Å². The molecule has 28 heavy (non-hydrogen) atoms. The minimum Gasteiger partial charge on any atom is -0.457 e. The highest BCUT2D eigenvalue weighted by molar-refractivity contribution is 6.02. The second kappa shape index (κ2) is 6.36. The van der Waals surface area contributed by atoms with Crippen LogP contribution in [-0.2, 0) is 23.9 Å². The molecule has 0 aromatic carbocycles. The van der Waals surface area contributed by atoms with E-state index in [0.29, 0.717) is 12.0 Å². The molecule has 4 rings (SSSR count). The summed E-state index contributed by atoms with van der Waals surface area (Å²) < 4.78 is 4.91. The molecule has 4 aliphatic rings. The third kappa shape index (κ3) is 2.66. The van der Waals surface area contributed by atoms with Crippen LogP contribution in [0, 0.1) is 28.6 Å². The molecule has 0 spiro atoms. The van der Waals surface area contributed by atoms with Gasteiger partial charge in [0.1, 0.15) is 5.78 Å². The van der Waals surface area contributed by atoms with Gasteiger partial charge in [-0.3, -0.25) is 19.2 Å². The van der Waals surface area contributed by atoms with Crippen molar-refractivity contribution in [3.8, 4) is 0 Å². The fourth-order valence-corrected chi connectivity index (χ4v) is 6.28. The minimum atomic E-state index is -0.499. The van der Waals surface area contributed by atoms with E-state index in [1.54, 1.807) is 12.2 Å². The summed E-state index contributed by atoms with van der Waals surface area (Å²) in [6.45, 7) is 5.12. The summed E-state index contributed by atoms with van der Waals surface area (Å²) in [6.07, 6.45) is 9.94. The van der Waals surface area contributed by atoms with Crippen molar-refractivity contribution in [3.63, 3.8) is 0 Å². The smallest absolute Gasteiger partial charge is 0.303 e. The van der Waals surface area contributed by atoms with Crippen molar-refractivity contribution in [1.29, 1.82) is 0 Å². The van der Waals surface area contributed by atoms with E-state index in [1.165, 1.54) is 6.92 Å². The van der Waals surface area contributed by atoms with Crippen molar-refractivity contribution < 1.29 is 23.9 Å². The fraction of sp³-hybridized carbons (Fsp3) is 0.565. The number of Topliss-reactive ketones (excluding diaryl/α,β-unsaturated/α-hetero) is 2. The third-order valence-corrected chi connectivity index (χ3v) is 7.55. The van der Waals surface area contributed by atoms with E-state index in [-0.39, 0.29) is 41.7 Å². The summed E-state index contributed by atoms with van der Waals surface area (Å²) in [5.41, 5.74) is 0.808. The van der Waals surface area contributed by atoms with Gasteiger partial charge in [0, 0.05) is 35.7 Å². The average molecular weight is 382 g/mol. The number of carbonyl (C=O) groups excluding carboxylic acids is 4. The Kier molecular flexibility index (Phi) is 4.32. The molecular formula is C23H26O5. The molecule has 2 saturated carbocycles. The summed E-state index contributed by atoms with van der Waals surface area (Å²) in [5, 5.41) is 0. The molecule has 0 radical (unpaired) electrons. The zero-order valence-electron chi connectivity index (χ0n) is 16.6. The molecule has 2 fully saturated rings. The maximum Gasteiger partial charge on any atom is 0.303 e. The first-order chi connectivity index (χ1) is 13.2. The molecule has 0 amide bonds. The molecule has 0 heterocycles. The van der Waals surface area contributed by atoms with Gasteiger partial charge in [-0.05, 0) is 43.3 Å². The van der Waals surface area contributed by atoms with Crippen molar-refractivity contribution in [2.45, 2.75) is 46.5 Å². The third-order valence-electron chi connectivity index (χ3n) is 7.55. The molecule has 0 saturated heterocycles. The predicted molar refractivity (Wildman–Crippen MR) is 102 cm³/mol. The van der Waals surface area contributed by atoms with E-state index in [2.05, 4.69) is 6.92 Å². The number of esters is 1. The first-order valence-corrected chi connectivity index (χ1v) is 10.0. The van der Waals surface area contributed by atoms with Crippen molar-refractivity contribution in [2.75, 3.05) is 6.61 Å². The van der Waals surface area contributed by atoms with Gasteiger partial charge in [0.2, 0.25) is 0 Å². The summed E-state index contributed by atoms with van der Waals surface area (Å²) in [4.78, 5) is 49.0. The quantitative estimate of drug-likeness (QED) is 0.701. The van der Waals surface area contributed by atoms with E-state index in [9.17, 15) is 19.2 Å². The van der Waals surface area contributed by atoms with Crippen molar-refractivity contribution in [2.24, 2.45) is 28.6 Å². The number of ether oxygens (including phenoxy) is 1. The van der Waals surface area contributed by atoms with Crippen LogP contribution in [0.3, 0.4) is 0 Å². The molecule has 4 aliphatic carbocycles. The molecule has 0 aliphatic heterocycles. The number of carbonyl (C=O) groups is 4. The van der Waals surface area contributed by atoms with Gasteiger partial charge in [-0.1, -0.05) is 31.6 Å². The zero-order chi connectivity index (χ0) is 20.3. The number of allylic oxidation sites excluding steroid dienone is 5. The van der Waals surface area contributed by atoms with Gasteiger partial charge in [-0.2, -0.15) is 0 Å². The lowest BCUT2D eigenvalue weighted by molar-refractivity contribution is -0.146. The number of hydrogen-bond acceptors (Lipinski definition) is 5. The van der Waals surface area contributed by atoms with E-state index in [0.717, 1.165) is 24.8 Å². The van der Waals surface area contributed by atoms with Crippen LogP contribution in [-0.4, -0.2) is 29.9 Å². The fourth-order valence-electron chi connectivity index (χ4n) is 6.28. The molecule has 5 heteroatoms. The summed E-state index contributed by atoms with van der Waals surface area (Å²) in [6, 6.07) is 0. The first kappa shape index (κ1) is 19.0. The van der Waals surface area contributed by atoms with Gasteiger partial charge in [-0.25, -0.2) is 0 Å². The predicted octanol–water partition coefficient (Wildman–Crippen LogP) is 3.14. The molecule has 0 aromatic rings. The van der Waals surface area contributed by atoms with Crippen molar-refractivity contribution in [3.05, 3.63) is 35.5 Å². The Morgan fingerprint density at radius 1 is 1.25 bits per heavy atom. The van der Waals surface area contributed by atoms with Crippen LogP contribution in [0.1, 0.15) is 46.5 Å². The lowest BCUT2D eigenvalue weighted by Gasteiger charge is -2.55. The van der Waals surface area contributed by atoms with E-state index in [1.807, 2.05) is 19.1 Å². The van der Waals surface area contributed by atoms with Crippen LogP contribution >= 0.6 is 0 Å². The van der Waals surface area contributed by atoms with Crippen LogP contribution in [0.4, 0.5) is 0 Å². The molecule has 0 bridgehead atoms. The van der Waals surface area contributed by atoms with Crippen molar-refractivity contribution >= 4 is 23.3 Å². The Morgan fingerprint density at radius 2 is 2.00 bits per heavy atom. The lowest BCUT2D eigenvalue weighted by atomic mass is 9.47. The van der Waals surface area contributed by atoms with Crippen LogP contribution in [0.2, 0.25) is 0 Å². The molecule has 5 nitrogen and oxygen atoms in total. The highest BCUT2D eigenvalue weighted by Gasteiger charge is 2.60. The molecular weight excluding hydrogens is 356 g/mol. The van der Waals surface area contributed by atoms with E-state index in [4.69, 9.17) is 4.74 Å². The second-order valence-corrected chi connectivity index (χ2v) is 9.09. The summed E-state index contributed by atoms with van der Waals surface area (Å²) in [7, 11) is 0. The Labute approximate surface area is 164 Å². The van der Waals surface area contributed by atoms with Gasteiger partial charge >= 0.3 is 5.97 Å². The molecule has 0 N–H and O–H groups in total. The Balaban J connectivity index is 1.64. The Morgan fingerprint density at radius 3 is 2.71 bits per heavy atom. The minimum absolute atomic E-state index is 0.0000842. The maximum absolute atomic E-state index is 13.4. The summed E-state index contributed by atoms with van der Waals surface area (Å²) in [5.74, 6) is -0.253. The topological polar surface area (TPSA) is 77.5 Å². The van der Waals surface area contributed by atoms with Gasteiger partial charge in [0.05, 0.1) is 0 Å². The second-order valence-electron chi connectivity index (χ2n) is 9.09. The van der Waals surface area contributed by atoms with Gasteiger partial charge in [0.15, 0.2) is 18.2 Å². The van der Waals surface area contributed by atoms with Gasteiger partial charge in [0.25, 0.3) is 0 Å². The van der Waals surface area contributed by atoms with Crippen molar-refractivity contribution in [1.82, 2.24) is 0 Å². The summed E-state index contributed by atoms with van der Waals surface area (Å²) >= 11 is 0. The standard InChI is InChI=1S/C23H26O5/c1-13(24)28-12-20(27)18-7-6-17-16-5-4-14-10-15(25)8-9-22(14,2)21(16)19(26)11-23(17,18)3/h7-10,16-17,21H,4-6,11-12H2,1-3H3/t16-,17-,21+,22-,23-/m0/s1. The highest BCUT2D eigenvalue weighted by atomic mass is 16.5. The first-order valence-electron chi connectivity index (χ1n) is 10.0. The monoisotopic (exact) mass is 382 g/mol. The molecule has 0 unspecified atom stereocenters. The Hall–Kier alpha value is -2.30. The highest BCUT2D eigenvalue weighted by Crippen LogP contribution is 2.63. The SMILES string of the molecule is CC(=O)OCC(=O)C1=CC[C@H]2[C@@H]3CCC4=CC(=O)C=C[C@]4(C)[C@H]3C(=O)C[C@]12C. The number of rotatable bonds is 3. The van der Waals surface area contributed by atoms with Gasteiger partial charge in [-0.15, -0.1) is 0 Å². The number of ketones is 3. The lowest BCUT2D eigenvalue weighted by Crippen LogP contribution is -2.54. The maximum atomic E-state index is 13.4. The van der Waals surface area contributed by atoms with E-state index >= 15 is 0 Å². The molecule has 148 valence electrons. The molecule has 0 aromatic heterocycles. The average Bonchev–Trinajstić information content (AvgIpc) is 2.96. The van der Waals surface area contributed by atoms with E-state index < -0.39 is 16.8 Å². The largest absolute Gasteiger partial charge is 0.457 e. The number of hydrogen-bond donors (Lipinski definition) is 0.